The molecule has 1 fully saturated rings. The Morgan fingerprint density at radius 1 is 0.893 bits per heavy atom. The number of benzene rings is 3. The van der Waals surface area contributed by atoms with Crippen LogP contribution in [0, 0.1) is 0 Å². The second kappa shape index (κ2) is 4.75. The molecule has 2 unspecified atom stereocenters. The van der Waals surface area contributed by atoms with Gasteiger partial charge in [-0.3, -0.25) is 9.88 Å². The first-order valence-electron chi connectivity index (χ1n) is 9.74. The molecule has 5 aromatic rings. The Morgan fingerprint density at radius 3 is 2.29 bits per heavy atom. The Hall–Kier alpha value is -2.86. The van der Waals surface area contributed by atoms with Crippen LogP contribution in [-0.2, 0) is 10.6 Å². The zero-order chi connectivity index (χ0) is 18.6. The first-order chi connectivity index (χ1) is 13.7. The molecule has 5 heteroatoms. The maximum absolute atomic E-state index is 11.2. The quantitative estimate of drug-likeness (QED) is 0.469. The molecule has 28 heavy (non-hydrogen) atoms. The highest BCUT2D eigenvalue weighted by Crippen LogP contribution is 2.51. The number of hydrogen-bond acceptors (Lipinski definition) is 3. The van der Waals surface area contributed by atoms with Gasteiger partial charge in [-0.1, -0.05) is 48.5 Å². The van der Waals surface area contributed by atoms with Gasteiger partial charge in [0.25, 0.3) is 0 Å². The highest BCUT2D eigenvalue weighted by Gasteiger charge is 2.53. The molecule has 3 atom stereocenters. The number of likely N-dealkylation sites (N-methyl/N-ethyl adjacent to an activating group) is 1. The maximum Gasteiger partial charge on any atom is 0.231 e. The van der Waals surface area contributed by atoms with Crippen LogP contribution < -0.4 is 5.32 Å². The van der Waals surface area contributed by atoms with Gasteiger partial charge < -0.3 is 14.4 Å². The van der Waals surface area contributed by atoms with E-state index in [1.165, 1.54) is 27.1 Å². The zero-order valence-corrected chi connectivity index (χ0v) is 15.4. The summed E-state index contributed by atoms with van der Waals surface area (Å²) in [5.74, 6) is -0.986. The fourth-order valence-electron chi connectivity index (χ4n) is 5.56. The van der Waals surface area contributed by atoms with Gasteiger partial charge in [-0.05, 0) is 19.2 Å². The number of ether oxygens (including phenoxy) is 1. The minimum atomic E-state index is -0.986. The summed E-state index contributed by atoms with van der Waals surface area (Å²) in [6.07, 6.45) is -0.350. The molecule has 2 aromatic heterocycles. The average molecular weight is 369 g/mol. The summed E-state index contributed by atoms with van der Waals surface area (Å²) < 4.78 is 11.1. The third-order valence-electron chi connectivity index (χ3n) is 6.68. The lowest BCUT2D eigenvalue weighted by Crippen LogP contribution is -2.52. The number of rotatable bonds is 1. The van der Waals surface area contributed by atoms with E-state index in [1.54, 1.807) is 0 Å². The van der Waals surface area contributed by atoms with Crippen molar-refractivity contribution in [1.82, 2.24) is 14.5 Å². The minimum absolute atomic E-state index is 0.228. The van der Waals surface area contributed by atoms with E-state index in [-0.39, 0.29) is 6.23 Å². The highest BCUT2D eigenvalue weighted by atomic mass is 16.6. The number of aliphatic hydroxyl groups is 1. The molecule has 0 radical (unpaired) electrons. The van der Waals surface area contributed by atoms with Crippen LogP contribution >= 0.6 is 0 Å². The predicted octanol–water partition coefficient (Wildman–Crippen LogP) is 4.03. The smallest absolute Gasteiger partial charge is 0.231 e. The molecule has 7 rings (SSSR count). The van der Waals surface area contributed by atoms with Gasteiger partial charge in [0.1, 0.15) is 12.3 Å². The number of fused-ring (bicyclic) bond motifs is 10. The molecule has 1 saturated heterocycles. The third-order valence-corrected chi connectivity index (χ3v) is 6.68. The van der Waals surface area contributed by atoms with Gasteiger partial charge in [0, 0.05) is 28.0 Å². The van der Waals surface area contributed by atoms with Crippen molar-refractivity contribution in [1.29, 1.82) is 0 Å². The van der Waals surface area contributed by atoms with E-state index < -0.39 is 12.0 Å². The zero-order valence-electron chi connectivity index (χ0n) is 15.4. The van der Waals surface area contributed by atoms with Crippen molar-refractivity contribution in [3.8, 4) is 0 Å². The Kier molecular flexibility index (Phi) is 2.57. The molecule has 4 heterocycles. The molecule has 0 spiro atoms. The standard InChI is InChI=1S/C23H19N3O2/c1-24-23-19(27)12-20(28-23)25-17-8-4-2-6-13(17)15-10-11-16-14-7-3-5-9-18(14)26(23)22(16)21(15)25/h2-11,19-20,24,27H,12H2,1H3/t19?,20?,23-/m1/s1. The number of para-hydroxylation sites is 2. The van der Waals surface area contributed by atoms with Crippen molar-refractivity contribution in [3.05, 3.63) is 60.7 Å². The molecule has 138 valence electrons. The van der Waals surface area contributed by atoms with Gasteiger partial charge in [0.15, 0.2) is 0 Å². The van der Waals surface area contributed by atoms with Crippen molar-refractivity contribution in [2.24, 2.45) is 0 Å². The highest BCUT2D eigenvalue weighted by molar-refractivity contribution is 6.22. The van der Waals surface area contributed by atoms with Crippen LogP contribution in [0.5, 0.6) is 0 Å². The molecule has 2 N–H and O–H groups in total. The maximum atomic E-state index is 11.2. The van der Waals surface area contributed by atoms with Crippen LogP contribution in [0.4, 0.5) is 0 Å². The lowest BCUT2D eigenvalue weighted by molar-refractivity contribution is -0.166. The van der Waals surface area contributed by atoms with E-state index in [1.807, 2.05) is 13.1 Å². The lowest BCUT2D eigenvalue weighted by Gasteiger charge is -2.33. The summed E-state index contributed by atoms with van der Waals surface area (Å²) >= 11 is 0. The second-order valence-electron chi connectivity index (χ2n) is 7.87. The van der Waals surface area contributed by atoms with E-state index in [0.717, 1.165) is 16.6 Å². The van der Waals surface area contributed by atoms with E-state index in [0.29, 0.717) is 6.42 Å². The molecular weight excluding hydrogens is 350 g/mol. The van der Waals surface area contributed by atoms with Crippen LogP contribution in [0.15, 0.2) is 60.7 Å². The van der Waals surface area contributed by atoms with E-state index in [9.17, 15) is 5.11 Å². The third kappa shape index (κ3) is 1.46. The Bertz CT molecular complexity index is 1450. The van der Waals surface area contributed by atoms with Crippen LogP contribution in [0.3, 0.4) is 0 Å². The predicted molar refractivity (Wildman–Crippen MR) is 110 cm³/mol. The number of hydrogen-bond donors (Lipinski definition) is 2. The average Bonchev–Trinajstić information content (AvgIpc) is 3.32. The van der Waals surface area contributed by atoms with E-state index in [2.05, 4.69) is 69.0 Å². The van der Waals surface area contributed by atoms with Crippen LogP contribution in [0.25, 0.3) is 43.6 Å². The summed E-state index contributed by atoms with van der Waals surface area (Å²) in [4.78, 5) is 0. The Balaban J connectivity index is 1.86. The molecule has 2 aliphatic heterocycles. The van der Waals surface area contributed by atoms with Gasteiger partial charge in [0.2, 0.25) is 5.85 Å². The molecule has 2 aliphatic rings. The number of nitrogens with zero attached hydrogens (tertiary/aromatic N) is 2. The largest absolute Gasteiger partial charge is 0.386 e. The van der Waals surface area contributed by atoms with E-state index >= 15 is 0 Å². The van der Waals surface area contributed by atoms with Crippen LogP contribution in [0.1, 0.15) is 12.6 Å². The molecule has 5 nitrogen and oxygen atoms in total. The Morgan fingerprint density at radius 2 is 1.54 bits per heavy atom. The first-order valence-corrected chi connectivity index (χ1v) is 9.74. The monoisotopic (exact) mass is 369 g/mol. The van der Waals surface area contributed by atoms with E-state index in [4.69, 9.17) is 4.74 Å². The van der Waals surface area contributed by atoms with Crippen molar-refractivity contribution < 1.29 is 9.84 Å². The topological polar surface area (TPSA) is 51.3 Å². The Labute approximate surface area is 160 Å². The lowest BCUT2D eigenvalue weighted by atomic mass is 10.1. The van der Waals surface area contributed by atoms with Crippen LogP contribution in [0.2, 0.25) is 0 Å². The van der Waals surface area contributed by atoms with Crippen molar-refractivity contribution >= 4 is 43.6 Å². The second-order valence-corrected chi connectivity index (χ2v) is 7.87. The fraction of sp³-hybridized carbons (Fsp3) is 0.217. The molecule has 0 amide bonds. The van der Waals surface area contributed by atoms with Crippen molar-refractivity contribution in [2.75, 3.05) is 7.05 Å². The van der Waals surface area contributed by atoms with Crippen LogP contribution in [-0.4, -0.2) is 27.4 Å². The summed E-state index contributed by atoms with van der Waals surface area (Å²) in [7, 11) is 1.87. The van der Waals surface area contributed by atoms with Gasteiger partial charge in [-0.25, -0.2) is 0 Å². The summed E-state index contributed by atoms with van der Waals surface area (Å²) in [6, 6.07) is 21.3. The molecule has 0 saturated carbocycles. The van der Waals surface area contributed by atoms with Crippen molar-refractivity contribution in [3.63, 3.8) is 0 Å². The summed E-state index contributed by atoms with van der Waals surface area (Å²) in [5.41, 5.74) is 4.51. The van der Waals surface area contributed by atoms with Gasteiger partial charge >= 0.3 is 0 Å². The number of aromatic nitrogens is 2. The first kappa shape index (κ1) is 15.1. The fourth-order valence-corrected chi connectivity index (χ4v) is 5.56. The van der Waals surface area contributed by atoms with Gasteiger partial charge in [-0.15, -0.1) is 0 Å². The molecular formula is C23H19N3O2. The van der Waals surface area contributed by atoms with Crippen molar-refractivity contribution in [2.45, 2.75) is 24.6 Å². The molecule has 0 aliphatic carbocycles. The summed E-state index contributed by atoms with van der Waals surface area (Å²) in [5, 5.41) is 19.3. The minimum Gasteiger partial charge on any atom is -0.386 e. The molecule has 2 bridgehead atoms. The molecule has 3 aromatic carbocycles. The van der Waals surface area contributed by atoms with Gasteiger partial charge in [0.05, 0.1) is 22.1 Å². The van der Waals surface area contributed by atoms with Gasteiger partial charge in [-0.2, -0.15) is 0 Å². The number of nitrogens with one attached hydrogen (secondary N) is 1. The normalized spacial score (nSPS) is 26.2. The summed E-state index contributed by atoms with van der Waals surface area (Å²) in [6.45, 7) is 0. The number of aliphatic hydroxyl groups excluding tert-OH is 1. The SMILES string of the molecule is CN[C@]12OC(CC1O)n1c3ccccc3c3ccc4c5ccccc5n2c4c31.